The van der Waals surface area contributed by atoms with Crippen molar-refractivity contribution in [1.29, 1.82) is 0 Å². The molecule has 1 aromatic carbocycles. The standard InChI is InChI=1S/C28H36N2O2/c1-3-4-5-10-30-18-24(26(31)14-25(30)23-8-6-19(2)7-9-23)27(32)29-28-15-20-11-21(16-28)13-22(12-20)17-28/h6-9,14,18,20-22H,3-5,10-13,15-17H2,1-2H3,(H,29,32). The predicted molar refractivity (Wildman–Crippen MR) is 129 cm³/mol. The van der Waals surface area contributed by atoms with Crippen LogP contribution in [0.25, 0.3) is 11.3 Å². The quantitative estimate of drug-likeness (QED) is 0.570. The van der Waals surface area contributed by atoms with Gasteiger partial charge in [0, 0.05) is 24.3 Å². The number of aromatic nitrogens is 1. The van der Waals surface area contributed by atoms with Crippen molar-refractivity contribution in [3.63, 3.8) is 0 Å². The number of carbonyl (C=O) groups is 1. The summed E-state index contributed by atoms with van der Waals surface area (Å²) in [6.45, 7) is 5.07. The number of pyridine rings is 1. The van der Waals surface area contributed by atoms with E-state index in [4.69, 9.17) is 0 Å². The smallest absolute Gasteiger partial charge is 0.257 e. The largest absolute Gasteiger partial charge is 0.346 e. The van der Waals surface area contributed by atoms with E-state index in [0.717, 1.165) is 74.1 Å². The van der Waals surface area contributed by atoms with E-state index in [1.165, 1.54) is 24.8 Å². The molecular weight excluding hydrogens is 396 g/mol. The van der Waals surface area contributed by atoms with Crippen molar-refractivity contribution in [3.8, 4) is 11.3 Å². The number of rotatable bonds is 7. The van der Waals surface area contributed by atoms with Gasteiger partial charge in [0.25, 0.3) is 5.91 Å². The molecule has 4 bridgehead atoms. The highest BCUT2D eigenvalue weighted by Gasteiger charge is 2.51. The molecule has 4 heteroatoms. The number of unbranched alkanes of at least 4 members (excludes halogenated alkanes) is 2. The summed E-state index contributed by atoms with van der Waals surface area (Å²) in [5, 5.41) is 3.39. The average molecular weight is 433 g/mol. The maximum absolute atomic E-state index is 13.4. The lowest BCUT2D eigenvalue weighted by molar-refractivity contribution is -0.0167. The van der Waals surface area contributed by atoms with Crippen molar-refractivity contribution < 1.29 is 4.79 Å². The van der Waals surface area contributed by atoms with Gasteiger partial charge in [0.05, 0.1) is 5.69 Å². The van der Waals surface area contributed by atoms with E-state index in [2.05, 4.69) is 48.0 Å². The molecule has 4 nitrogen and oxygen atoms in total. The van der Waals surface area contributed by atoms with Crippen LogP contribution in [0, 0.1) is 24.7 Å². The topological polar surface area (TPSA) is 51.1 Å². The Bertz CT molecular complexity index is 1010. The molecule has 1 aromatic heterocycles. The molecule has 0 spiro atoms. The van der Waals surface area contributed by atoms with E-state index >= 15 is 0 Å². The fourth-order valence-corrected chi connectivity index (χ4v) is 7.01. The molecule has 4 fully saturated rings. The fourth-order valence-electron chi connectivity index (χ4n) is 7.01. The van der Waals surface area contributed by atoms with Gasteiger partial charge in [0.15, 0.2) is 5.43 Å². The van der Waals surface area contributed by atoms with Crippen LogP contribution >= 0.6 is 0 Å². The minimum Gasteiger partial charge on any atom is -0.346 e. The van der Waals surface area contributed by atoms with Gasteiger partial charge in [0.1, 0.15) is 5.56 Å². The Morgan fingerprint density at radius 1 is 1.03 bits per heavy atom. The minimum absolute atomic E-state index is 0.0824. The fraction of sp³-hybridized carbons (Fsp3) is 0.571. The van der Waals surface area contributed by atoms with Gasteiger partial charge in [0.2, 0.25) is 0 Å². The van der Waals surface area contributed by atoms with Crippen molar-refractivity contribution in [2.45, 2.75) is 83.7 Å². The van der Waals surface area contributed by atoms with Crippen LogP contribution in [0.3, 0.4) is 0 Å². The van der Waals surface area contributed by atoms with E-state index in [1.807, 2.05) is 6.20 Å². The Morgan fingerprint density at radius 3 is 2.25 bits per heavy atom. The van der Waals surface area contributed by atoms with Crippen LogP contribution in [0.1, 0.15) is 80.6 Å². The molecule has 1 heterocycles. The molecule has 1 amide bonds. The van der Waals surface area contributed by atoms with Gasteiger partial charge < -0.3 is 9.88 Å². The summed E-state index contributed by atoms with van der Waals surface area (Å²) in [6, 6.07) is 9.95. The molecule has 4 saturated carbocycles. The van der Waals surface area contributed by atoms with Gasteiger partial charge >= 0.3 is 0 Å². The Balaban J connectivity index is 1.44. The third-order valence-corrected chi connectivity index (χ3v) is 8.14. The Labute approximate surface area is 191 Å². The third-order valence-electron chi connectivity index (χ3n) is 8.14. The monoisotopic (exact) mass is 432 g/mol. The summed E-state index contributed by atoms with van der Waals surface area (Å²) in [4.78, 5) is 26.5. The van der Waals surface area contributed by atoms with Crippen LogP contribution < -0.4 is 10.7 Å². The van der Waals surface area contributed by atoms with Crippen molar-refractivity contribution in [2.24, 2.45) is 17.8 Å². The first-order valence-electron chi connectivity index (χ1n) is 12.6. The number of carbonyl (C=O) groups excluding carboxylic acids is 1. The molecule has 1 N–H and O–H groups in total. The van der Waals surface area contributed by atoms with E-state index in [-0.39, 0.29) is 16.9 Å². The summed E-state index contributed by atoms with van der Waals surface area (Å²) >= 11 is 0. The molecule has 4 aliphatic carbocycles. The number of nitrogens with one attached hydrogen (secondary N) is 1. The molecule has 170 valence electrons. The van der Waals surface area contributed by atoms with Gasteiger partial charge in [-0.2, -0.15) is 0 Å². The number of hydrogen-bond acceptors (Lipinski definition) is 2. The summed E-state index contributed by atoms with van der Waals surface area (Å²) in [6.07, 6.45) is 12.4. The molecule has 4 aliphatic rings. The predicted octanol–water partition coefficient (Wildman–Crippen LogP) is 5.71. The molecule has 0 aliphatic heterocycles. The van der Waals surface area contributed by atoms with Crippen LogP contribution in [0.15, 0.2) is 41.3 Å². The average Bonchev–Trinajstić information content (AvgIpc) is 2.74. The van der Waals surface area contributed by atoms with Crippen LogP contribution in [0.2, 0.25) is 0 Å². The summed E-state index contributed by atoms with van der Waals surface area (Å²) in [5.74, 6) is 2.11. The van der Waals surface area contributed by atoms with Gasteiger partial charge in [-0.3, -0.25) is 9.59 Å². The maximum Gasteiger partial charge on any atom is 0.257 e. The second-order valence-electron chi connectivity index (χ2n) is 10.9. The molecule has 0 saturated heterocycles. The number of amides is 1. The summed E-state index contributed by atoms with van der Waals surface area (Å²) < 4.78 is 2.12. The van der Waals surface area contributed by atoms with Gasteiger partial charge in [-0.25, -0.2) is 0 Å². The van der Waals surface area contributed by atoms with E-state index < -0.39 is 0 Å². The van der Waals surface area contributed by atoms with Gasteiger partial charge in [-0.05, 0) is 75.2 Å². The Hall–Kier alpha value is -2.36. The van der Waals surface area contributed by atoms with E-state index in [9.17, 15) is 9.59 Å². The third kappa shape index (κ3) is 4.16. The lowest BCUT2D eigenvalue weighted by Crippen LogP contribution is -2.60. The first-order valence-corrected chi connectivity index (χ1v) is 12.6. The van der Waals surface area contributed by atoms with Crippen LogP contribution in [0.5, 0.6) is 0 Å². The number of benzene rings is 1. The van der Waals surface area contributed by atoms with E-state index in [1.54, 1.807) is 6.07 Å². The summed E-state index contributed by atoms with van der Waals surface area (Å²) in [7, 11) is 0. The molecule has 0 atom stereocenters. The minimum atomic E-state index is -0.172. The maximum atomic E-state index is 13.4. The normalized spacial score (nSPS) is 28.1. The van der Waals surface area contributed by atoms with Crippen LogP contribution in [-0.2, 0) is 6.54 Å². The highest BCUT2D eigenvalue weighted by atomic mass is 16.2. The zero-order valence-corrected chi connectivity index (χ0v) is 19.5. The first kappa shape index (κ1) is 21.5. The summed E-state index contributed by atoms with van der Waals surface area (Å²) in [5.41, 5.74) is 3.17. The second kappa shape index (κ2) is 8.53. The Kier molecular flexibility index (Phi) is 5.73. The number of nitrogens with zero attached hydrogens (tertiary/aromatic N) is 1. The zero-order valence-electron chi connectivity index (χ0n) is 19.5. The molecule has 0 radical (unpaired) electrons. The molecule has 6 rings (SSSR count). The molecule has 32 heavy (non-hydrogen) atoms. The first-order chi connectivity index (χ1) is 15.4. The van der Waals surface area contributed by atoms with Crippen molar-refractivity contribution in [1.82, 2.24) is 9.88 Å². The van der Waals surface area contributed by atoms with Crippen molar-refractivity contribution >= 4 is 5.91 Å². The molecular formula is C28H36N2O2. The number of aryl methyl sites for hydroxylation is 2. The number of hydrogen-bond donors (Lipinski definition) is 1. The second-order valence-corrected chi connectivity index (χ2v) is 10.9. The highest BCUT2D eigenvalue weighted by molar-refractivity contribution is 5.94. The zero-order chi connectivity index (χ0) is 22.3. The van der Waals surface area contributed by atoms with E-state index in [0.29, 0.717) is 5.56 Å². The van der Waals surface area contributed by atoms with Crippen LogP contribution in [-0.4, -0.2) is 16.0 Å². The van der Waals surface area contributed by atoms with Gasteiger partial charge in [-0.15, -0.1) is 0 Å². The Morgan fingerprint density at radius 2 is 1.66 bits per heavy atom. The highest BCUT2D eigenvalue weighted by Crippen LogP contribution is 2.55. The van der Waals surface area contributed by atoms with Crippen molar-refractivity contribution in [3.05, 3.63) is 57.9 Å². The van der Waals surface area contributed by atoms with Gasteiger partial charge in [-0.1, -0.05) is 49.6 Å². The van der Waals surface area contributed by atoms with Crippen LogP contribution in [0.4, 0.5) is 0 Å². The molecule has 0 unspecified atom stereocenters. The lowest BCUT2D eigenvalue weighted by Gasteiger charge is -2.56. The van der Waals surface area contributed by atoms with Crippen molar-refractivity contribution in [2.75, 3.05) is 0 Å². The SMILES string of the molecule is CCCCCn1cc(C(=O)NC23CC4CC(CC(C4)C2)C3)c(=O)cc1-c1ccc(C)cc1. The lowest BCUT2D eigenvalue weighted by atomic mass is 9.53. The molecule has 2 aromatic rings.